The molecule has 0 spiro atoms. The molecule has 2 saturated heterocycles. The van der Waals surface area contributed by atoms with Crippen LogP contribution in [-0.2, 0) is 0 Å². The first-order chi connectivity index (χ1) is 7.33. The number of carbonyl (C=O) groups excluding carboxylic acids is 1. The van der Waals surface area contributed by atoms with Gasteiger partial charge in [0, 0.05) is 38.8 Å². The Balaban J connectivity index is 1.93. The number of carbonyl (C=O) groups is 1. The monoisotopic (exact) mass is 211 g/mol. The first kappa shape index (κ1) is 10.7. The lowest BCUT2D eigenvalue weighted by Gasteiger charge is -2.34. The van der Waals surface area contributed by atoms with Crippen LogP contribution >= 0.6 is 0 Å². The van der Waals surface area contributed by atoms with Crippen LogP contribution < -0.4 is 5.32 Å². The van der Waals surface area contributed by atoms with Crippen molar-refractivity contribution < 1.29 is 4.79 Å². The number of amides is 2. The molecule has 0 aromatic carbocycles. The lowest BCUT2D eigenvalue weighted by atomic mass is 10.2. The molecule has 1 atom stereocenters. The van der Waals surface area contributed by atoms with Crippen molar-refractivity contribution in [2.45, 2.75) is 32.2 Å². The van der Waals surface area contributed by atoms with Gasteiger partial charge in [-0.05, 0) is 19.3 Å². The van der Waals surface area contributed by atoms with E-state index >= 15 is 0 Å². The van der Waals surface area contributed by atoms with Crippen molar-refractivity contribution in [2.24, 2.45) is 0 Å². The molecule has 0 bridgehead atoms. The van der Waals surface area contributed by atoms with Crippen LogP contribution in [0.3, 0.4) is 0 Å². The molecule has 4 nitrogen and oxygen atoms in total. The number of likely N-dealkylation sites (tertiary alicyclic amines) is 1. The standard InChI is InChI=1S/C11H21N3O/c1-2-10-4-3-7-14(10)11(15)13-8-5-12-6-9-13/h10,12H,2-9H2,1H3. The summed E-state index contributed by atoms with van der Waals surface area (Å²) in [7, 11) is 0. The van der Waals surface area contributed by atoms with Gasteiger partial charge in [-0.25, -0.2) is 4.79 Å². The van der Waals surface area contributed by atoms with E-state index in [1.165, 1.54) is 12.8 Å². The molecule has 1 N–H and O–H groups in total. The van der Waals surface area contributed by atoms with Gasteiger partial charge in [0.2, 0.25) is 0 Å². The first-order valence-corrected chi connectivity index (χ1v) is 6.09. The van der Waals surface area contributed by atoms with Gasteiger partial charge in [0.25, 0.3) is 0 Å². The fourth-order valence-electron chi connectivity index (χ4n) is 2.55. The Labute approximate surface area is 91.6 Å². The second-order valence-electron chi connectivity index (χ2n) is 4.42. The van der Waals surface area contributed by atoms with E-state index in [4.69, 9.17) is 0 Å². The van der Waals surface area contributed by atoms with Crippen LogP contribution in [0.5, 0.6) is 0 Å². The predicted molar refractivity (Wildman–Crippen MR) is 59.9 cm³/mol. The fourth-order valence-corrected chi connectivity index (χ4v) is 2.55. The van der Waals surface area contributed by atoms with Crippen LogP contribution in [0.15, 0.2) is 0 Å². The zero-order valence-electron chi connectivity index (χ0n) is 9.54. The van der Waals surface area contributed by atoms with Crippen LogP contribution in [0.25, 0.3) is 0 Å². The van der Waals surface area contributed by atoms with Gasteiger partial charge in [0.05, 0.1) is 0 Å². The molecule has 2 rings (SSSR count). The maximum absolute atomic E-state index is 12.2. The summed E-state index contributed by atoms with van der Waals surface area (Å²) < 4.78 is 0. The van der Waals surface area contributed by atoms with Crippen LogP contribution in [0, 0.1) is 0 Å². The van der Waals surface area contributed by atoms with Gasteiger partial charge in [-0.15, -0.1) is 0 Å². The Kier molecular flexibility index (Phi) is 3.46. The van der Waals surface area contributed by atoms with Gasteiger partial charge in [0.1, 0.15) is 0 Å². The molecular formula is C11H21N3O. The van der Waals surface area contributed by atoms with E-state index in [9.17, 15) is 4.79 Å². The van der Waals surface area contributed by atoms with Gasteiger partial charge in [-0.3, -0.25) is 0 Å². The molecule has 2 aliphatic rings. The summed E-state index contributed by atoms with van der Waals surface area (Å²) in [4.78, 5) is 16.3. The normalized spacial score (nSPS) is 27.1. The van der Waals surface area contributed by atoms with E-state index in [0.29, 0.717) is 6.04 Å². The average molecular weight is 211 g/mol. The third-order valence-corrected chi connectivity index (χ3v) is 3.48. The summed E-state index contributed by atoms with van der Waals surface area (Å²) in [5.41, 5.74) is 0. The molecule has 0 aromatic rings. The van der Waals surface area contributed by atoms with Gasteiger partial charge in [0.15, 0.2) is 0 Å². The summed E-state index contributed by atoms with van der Waals surface area (Å²) in [5.74, 6) is 0. The van der Waals surface area contributed by atoms with E-state index in [0.717, 1.165) is 39.1 Å². The maximum atomic E-state index is 12.2. The second kappa shape index (κ2) is 4.84. The number of hydrogen-bond donors (Lipinski definition) is 1. The molecule has 1 unspecified atom stereocenters. The van der Waals surface area contributed by atoms with E-state index in [1.54, 1.807) is 0 Å². The van der Waals surface area contributed by atoms with Gasteiger partial charge < -0.3 is 15.1 Å². The fraction of sp³-hybridized carbons (Fsp3) is 0.909. The van der Waals surface area contributed by atoms with Crippen molar-refractivity contribution in [3.8, 4) is 0 Å². The van der Waals surface area contributed by atoms with E-state index in [2.05, 4.69) is 17.1 Å². The lowest BCUT2D eigenvalue weighted by molar-refractivity contribution is 0.141. The number of nitrogens with zero attached hydrogens (tertiary/aromatic N) is 2. The zero-order valence-corrected chi connectivity index (χ0v) is 9.54. The summed E-state index contributed by atoms with van der Waals surface area (Å²) >= 11 is 0. The Morgan fingerprint density at radius 2 is 2.07 bits per heavy atom. The van der Waals surface area contributed by atoms with Gasteiger partial charge in [-0.2, -0.15) is 0 Å². The summed E-state index contributed by atoms with van der Waals surface area (Å²) in [6, 6.07) is 0.758. The van der Waals surface area contributed by atoms with Crippen LogP contribution in [-0.4, -0.2) is 54.6 Å². The third-order valence-electron chi connectivity index (χ3n) is 3.48. The minimum Gasteiger partial charge on any atom is -0.322 e. The summed E-state index contributed by atoms with van der Waals surface area (Å²) in [6.07, 6.45) is 3.46. The van der Waals surface area contributed by atoms with Crippen molar-refractivity contribution in [3.05, 3.63) is 0 Å². The number of hydrogen-bond acceptors (Lipinski definition) is 2. The topological polar surface area (TPSA) is 35.6 Å². The van der Waals surface area contributed by atoms with E-state index < -0.39 is 0 Å². The lowest BCUT2D eigenvalue weighted by Crippen LogP contribution is -2.52. The highest BCUT2D eigenvalue weighted by Gasteiger charge is 2.30. The smallest absolute Gasteiger partial charge is 0.320 e. The third kappa shape index (κ3) is 2.25. The SMILES string of the molecule is CCC1CCCN1C(=O)N1CCNCC1. The molecule has 2 fully saturated rings. The molecule has 2 heterocycles. The quantitative estimate of drug-likeness (QED) is 0.699. The van der Waals surface area contributed by atoms with Crippen molar-refractivity contribution in [1.29, 1.82) is 0 Å². The van der Waals surface area contributed by atoms with E-state index in [-0.39, 0.29) is 6.03 Å². The molecule has 0 aliphatic carbocycles. The Hall–Kier alpha value is -0.770. The van der Waals surface area contributed by atoms with Gasteiger partial charge in [-0.1, -0.05) is 6.92 Å². The van der Waals surface area contributed by atoms with Gasteiger partial charge >= 0.3 is 6.03 Å². The largest absolute Gasteiger partial charge is 0.322 e. The molecule has 0 radical (unpaired) electrons. The van der Waals surface area contributed by atoms with Crippen LogP contribution in [0.1, 0.15) is 26.2 Å². The molecule has 4 heteroatoms. The Morgan fingerprint density at radius 3 is 2.73 bits per heavy atom. The van der Waals surface area contributed by atoms with Crippen LogP contribution in [0.4, 0.5) is 4.79 Å². The van der Waals surface area contributed by atoms with Crippen molar-refractivity contribution >= 4 is 6.03 Å². The summed E-state index contributed by atoms with van der Waals surface area (Å²) in [5, 5.41) is 3.27. The molecule has 15 heavy (non-hydrogen) atoms. The Morgan fingerprint density at radius 1 is 1.33 bits per heavy atom. The van der Waals surface area contributed by atoms with Crippen molar-refractivity contribution in [1.82, 2.24) is 15.1 Å². The summed E-state index contributed by atoms with van der Waals surface area (Å²) in [6.45, 7) is 6.75. The van der Waals surface area contributed by atoms with E-state index in [1.807, 2.05) is 4.90 Å². The minimum atomic E-state index is 0.265. The molecule has 86 valence electrons. The number of nitrogens with one attached hydrogen (secondary N) is 1. The second-order valence-corrected chi connectivity index (χ2v) is 4.42. The Bertz CT molecular complexity index is 226. The molecule has 2 aliphatic heterocycles. The molecule has 2 amide bonds. The number of urea groups is 1. The minimum absolute atomic E-state index is 0.265. The molecular weight excluding hydrogens is 190 g/mol. The highest BCUT2D eigenvalue weighted by atomic mass is 16.2. The zero-order chi connectivity index (χ0) is 10.7. The highest BCUT2D eigenvalue weighted by molar-refractivity contribution is 5.75. The maximum Gasteiger partial charge on any atom is 0.320 e. The molecule has 0 aromatic heterocycles. The predicted octanol–water partition coefficient (Wildman–Crippen LogP) is 0.886. The molecule has 0 saturated carbocycles. The van der Waals surface area contributed by atoms with Crippen LogP contribution in [0.2, 0.25) is 0 Å². The number of rotatable bonds is 1. The average Bonchev–Trinajstić information content (AvgIpc) is 2.77. The van der Waals surface area contributed by atoms with Crippen molar-refractivity contribution in [2.75, 3.05) is 32.7 Å². The number of piperazine rings is 1. The van der Waals surface area contributed by atoms with Crippen molar-refractivity contribution in [3.63, 3.8) is 0 Å². The first-order valence-electron chi connectivity index (χ1n) is 6.09. The highest BCUT2D eigenvalue weighted by Crippen LogP contribution is 2.21.